The maximum atomic E-state index is 14.5. The molecule has 0 aliphatic carbocycles. The molecule has 2 aromatic rings. The molecule has 142 valence electrons. The lowest BCUT2D eigenvalue weighted by Crippen LogP contribution is -2.41. The first-order valence-corrected chi connectivity index (χ1v) is 8.73. The zero-order chi connectivity index (χ0) is 20.0. The van der Waals surface area contributed by atoms with Gasteiger partial charge in [-0.3, -0.25) is 4.79 Å². The van der Waals surface area contributed by atoms with E-state index in [1.54, 1.807) is 6.07 Å². The first-order chi connectivity index (χ1) is 12.6. The van der Waals surface area contributed by atoms with Crippen LogP contribution < -0.4 is 10.8 Å². The van der Waals surface area contributed by atoms with Gasteiger partial charge >= 0.3 is 7.12 Å². The van der Waals surface area contributed by atoms with Gasteiger partial charge in [0.25, 0.3) is 5.91 Å². The number of rotatable bonds is 3. The van der Waals surface area contributed by atoms with Crippen LogP contribution in [0.15, 0.2) is 36.4 Å². The average molecular weight is 373 g/mol. The predicted octanol–water partition coefficient (Wildman–Crippen LogP) is 3.29. The highest BCUT2D eigenvalue weighted by molar-refractivity contribution is 6.62. The molecule has 1 fully saturated rings. The Balaban J connectivity index is 2.04. The Bertz CT molecular complexity index is 883. The molecule has 0 unspecified atom stereocenters. The maximum absolute atomic E-state index is 14.5. The molecule has 7 heteroatoms. The van der Waals surface area contributed by atoms with Gasteiger partial charge in [0, 0.05) is 23.7 Å². The summed E-state index contributed by atoms with van der Waals surface area (Å²) >= 11 is 0. The topological polar surface area (TPSA) is 47.6 Å². The molecule has 1 heterocycles. The molecular weight excluding hydrogens is 351 g/mol. The number of hydrogen-bond acceptors (Lipinski definition) is 3. The van der Waals surface area contributed by atoms with Crippen molar-refractivity contribution in [3.05, 3.63) is 53.6 Å². The lowest BCUT2D eigenvalue weighted by Gasteiger charge is -2.32. The monoisotopic (exact) mass is 373 g/mol. The molecule has 27 heavy (non-hydrogen) atoms. The summed E-state index contributed by atoms with van der Waals surface area (Å²) in [7, 11) is 0.782. The molecule has 0 atom stereocenters. The van der Waals surface area contributed by atoms with Crippen molar-refractivity contribution in [2.45, 2.75) is 38.9 Å². The van der Waals surface area contributed by atoms with Gasteiger partial charge in [-0.05, 0) is 57.4 Å². The van der Waals surface area contributed by atoms with Crippen LogP contribution in [0.5, 0.6) is 0 Å². The van der Waals surface area contributed by atoms with E-state index >= 15 is 0 Å². The van der Waals surface area contributed by atoms with Gasteiger partial charge in [-0.15, -0.1) is 0 Å². The maximum Gasteiger partial charge on any atom is 0.494 e. The van der Waals surface area contributed by atoms with Crippen LogP contribution in [0.1, 0.15) is 38.1 Å². The molecule has 0 saturated carbocycles. The smallest absolute Gasteiger partial charge is 0.399 e. The summed E-state index contributed by atoms with van der Waals surface area (Å²) in [4.78, 5) is 11.8. The van der Waals surface area contributed by atoms with Crippen LogP contribution in [0.2, 0.25) is 0 Å². The number of carbonyl (C=O) groups excluding carboxylic acids is 1. The third kappa shape index (κ3) is 3.49. The molecule has 1 amide bonds. The van der Waals surface area contributed by atoms with Crippen LogP contribution in [-0.4, -0.2) is 31.3 Å². The zero-order valence-electron chi connectivity index (χ0n) is 16.0. The van der Waals surface area contributed by atoms with E-state index in [0.29, 0.717) is 5.46 Å². The Labute approximate surface area is 158 Å². The number of hydrogen-bond donors (Lipinski definition) is 1. The molecule has 0 aromatic heterocycles. The summed E-state index contributed by atoms with van der Waals surface area (Å²) < 4.78 is 40.9. The van der Waals surface area contributed by atoms with Crippen LogP contribution in [0.25, 0.3) is 11.1 Å². The molecule has 0 spiro atoms. The second-order valence-corrected chi connectivity index (χ2v) is 7.60. The van der Waals surface area contributed by atoms with Crippen molar-refractivity contribution in [1.29, 1.82) is 0 Å². The van der Waals surface area contributed by atoms with E-state index in [9.17, 15) is 13.6 Å². The molecule has 1 saturated heterocycles. The van der Waals surface area contributed by atoms with Gasteiger partial charge in [0.2, 0.25) is 0 Å². The van der Waals surface area contributed by atoms with Crippen LogP contribution >= 0.6 is 0 Å². The first-order valence-electron chi connectivity index (χ1n) is 8.73. The van der Waals surface area contributed by atoms with E-state index in [0.717, 1.165) is 6.07 Å². The van der Waals surface area contributed by atoms with Gasteiger partial charge in [0.05, 0.1) is 11.2 Å². The lowest BCUT2D eigenvalue weighted by molar-refractivity contribution is 0.00578. The van der Waals surface area contributed by atoms with Crippen molar-refractivity contribution < 1.29 is 22.9 Å². The Morgan fingerprint density at radius 2 is 1.44 bits per heavy atom. The van der Waals surface area contributed by atoms with Gasteiger partial charge in [-0.2, -0.15) is 0 Å². The number of nitrogens with one attached hydrogen (secondary N) is 1. The van der Waals surface area contributed by atoms with E-state index in [1.807, 2.05) is 27.7 Å². The van der Waals surface area contributed by atoms with E-state index in [-0.39, 0.29) is 22.6 Å². The summed E-state index contributed by atoms with van der Waals surface area (Å²) in [5, 5.41) is 2.47. The SMILES string of the molecule is CNC(=O)c1ccc(F)c(-c2cc(B3OC(C)(C)C(C)(C)O3)ccc2F)c1. The van der Waals surface area contributed by atoms with Crippen molar-refractivity contribution in [2.24, 2.45) is 0 Å². The minimum atomic E-state index is -0.695. The predicted molar refractivity (Wildman–Crippen MR) is 101 cm³/mol. The van der Waals surface area contributed by atoms with E-state index in [4.69, 9.17) is 9.31 Å². The van der Waals surface area contributed by atoms with Crippen molar-refractivity contribution in [3.8, 4) is 11.1 Å². The fraction of sp³-hybridized carbons (Fsp3) is 0.350. The molecule has 1 aliphatic heterocycles. The highest BCUT2D eigenvalue weighted by atomic mass is 19.1. The fourth-order valence-electron chi connectivity index (χ4n) is 2.89. The van der Waals surface area contributed by atoms with Crippen LogP contribution in [0.3, 0.4) is 0 Å². The molecule has 2 aromatic carbocycles. The molecule has 0 bridgehead atoms. The Hall–Kier alpha value is -2.25. The van der Waals surface area contributed by atoms with Crippen molar-refractivity contribution >= 4 is 18.5 Å². The van der Waals surface area contributed by atoms with Crippen molar-refractivity contribution in [1.82, 2.24) is 5.32 Å². The fourth-order valence-corrected chi connectivity index (χ4v) is 2.89. The first kappa shape index (κ1) is 19.5. The van der Waals surface area contributed by atoms with E-state index in [2.05, 4.69) is 5.32 Å². The number of carbonyl (C=O) groups is 1. The van der Waals surface area contributed by atoms with Crippen molar-refractivity contribution in [2.75, 3.05) is 7.05 Å². The average Bonchev–Trinajstić information content (AvgIpc) is 2.83. The highest BCUT2D eigenvalue weighted by Crippen LogP contribution is 2.37. The minimum Gasteiger partial charge on any atom is -0.399 e. The largest absolute Gasteiger partial charge is 0.494 e. The second kappa shape index (κ2) is 6.73. The Morgan fingerprint density at radius 3 is 2.00 bits per heavy atom. The number of benzene rings is 2. The van der Waals surface area contributed by atoms with Gasteiger partial charge < -0.3 is 14.6 Å². The van der Waals surface area contributed by atoms with Crippen molar-refractivity contribution in [3.63, 3.8) is 0 Å². The summed E-state index contributed by atoms with van der Waals surface area (Å²) in [5.74, 6) is -1.59. The van der Waals surface area contributed by atoms with Crippen LogP contribution in [0.4, 0.5) is 8.78 Å². The molecule has 4 nitrogen and oxygen atoms in total. The third-order valence-corrected chi connectivity index (χ3v) is 5.26. The second-order valence-electron chi connectivity index (χ2n) is 7.60. The molecule has 1 N–H and O–H groups in total. The van der Waals surface area contributed by atoms with Gasteiger partial charge in [0.1, 0.15) is 11.6 Å². The molecule has 3 rings (SSSR count). The summed E-state index contributed by atoms with van der Waals surface area (Å²) in [6.45, 7) is 7.68. The quantitative estimate of drug-likeness (QED) is 0.840. The Kier molecular flexibility index (Phi) is 4.86. The lowest BCUT2D eigenvalue weighted by atomic mass is 9.77. The summed E-state index contributed by atoms with van der Waals surface area (Å²) in [6, 6.07) is 8.15. The minimum absolute atomic E-state index is 0.00645. The standard InChI is InChI=1S/C20H22BF2NO3/c1-19(2)20(3,4)27-21(26-19)13-7-9-17(23)15(11-13)14-10-12(18(25)24-5)6-8-16(14)22/h6-11H,1-5H3,(H,24,25). The van der Waals surface area contributed by atoms with Gasteiger partial charge in [-0.1, -0.05) is 12.1 Å². The molecule has 1 aliphatic rings. The van der Waals surface area contributed by atoms with Crippen LogP contribution in [-0.2, 0) is 9.31 Å². The zero-order valence-corrected chi connectivity index (χ0v) is 16.0. The summed E-state index contributed by atoms with van der Waals surface area (Å²) in [6.07, 6.45) is 0. The normalized spacial score (nSPS) is 17.8. The van der Waals surface area contributed by atoms with Crippen LogP contribution in [0, 0.1) is 11.6 Å². The van der Waals surface area contributed by atoms with Gasteiger partial charge in [0.15, 0.2) is 0 Å². The molecular formula is C20H22BF2NO3. The van der Waals surface area contributed by atoms with E-state index in [1.165, 1.54) is 31.3 Å². The molecule has 0 radical (unpaired) electrons. The number of amides is 1. The number of halogens is 2. The Morgan fingerprint density at radius 1 is 0.926 bits per heavy atom. The summed E-state index contributed by atoms with van der Waals surface area (Å²) in [5.41, 5.74) is -0.214. The van der Waals surface area contributed by atoms with Gasteiger partial charge in [-0.25, -0.2) is 8.78 Å². The van der Waals surface area contributed by atoms with E-state index < -0.39 is 30.0 Å². The highest BCUT2D eigenvalue weighted by Gasteiger charge is 2.51. The third-order valence-electron chi connectivity index (χ3n) is 5.26.